The molecule has 0 aliphatic rings. The fourth-order valence-electron chi connectivity index (χ4n) is 0.975. The van der Waals surface area contributed by atoms with Crippen molar-refractivity contribution in [3.63, 3.8) is 0 Å². The molecule has 0 spiro atoms. The van der Waals surface area contributed by atoms with Crippen LogP contribution < -0.4 is 5.73 Å². The van der Waals surface area contributed by atoms with Crippen molar-refractivity contribution in [1.82, 2.24) is 4.98 Å². The maximum absolute atomic E-state index is 11.6. The van der Waals surface area contributed by atoms with Gasteiger partial charge in [0.15, 0.2) is 0 Å². The molecule has 1 heterocycles. The smallest absolute Gasteiger partial charge is 0.150 e. The molecule has 0 aromatic carbocycles. The zero-order valence-corrected chi connectivity index (χ0v) is 8.67. The molecule has 1 atom stereocenters. The van der Waals surface area contributed by atoms with E-state index in [4.69, 9.17) is 5.73 Å². The second kappa shape index (κ2) is 4.37. The van der Waals surface area contributed by atoms with Gasteiger partial charge >= 0.3 is 0 Å². The normalized spacial score (nSPS) is 13.2. The Bertz CT molecular complexity index is 312. The van der Waals surface area contributed by atoms with Crippen LogP contribution in [0, 0.1) is 5.92 Å². The van der Waals surface area contributed by atoms with Crippen LogP contribution in [0.1, 0.15) is 13.8 Å². The van der Waals surface area contributed by atoms with E-state index < -0.39 is 10.8 Å². The summed E-state index contributed by atoms with van der Waals surface area (Å²) in [6, 6.07) is 3.46. The van der Waals surface area contributed by atoms with Gasteiger partial charge in [-0.05, 0) is 18.1 Å². The highest BCUT2D eigenvalue weighted by atomic mass is 32.2. The van der Waals surface area contributed by atoms with Crippen molar-refractivity contribution >= 4 is 16.5 Å². The van der Waals surface area contributed by atoms with Crippen molar-refractivity contribution in [3.05, 3.63) is 18.3 Å². The number of rotatable bonds is 3. The minimum Gasteiger partial charge on any atom is -0.396 e. The fourth-order valence-corrected chi connectivity index (χ4v) is 2.25. The molecule has 72 valence electrons. The van der Waals surface area contributed by atoms with Crippen LogP contribution in [0.25, 0.3) is 0 Å². The molecule has 0 bridgehead atoms. The van der Waals surface area contributed by atoms with Crippen molar-refractivity contribution in [3.8, 4) is 0 Å². The third-order valence-electron chi connectivity index (χ3n) is 1.50. The summed E-state index contributed by atoms with van der Waals surface area (Å²) >= 11 is 0. The Kier molecular flexibility index (Phi) is 3.42. The minimum absolute atomic E-state index is 0.391. The molecular weight excluding hydrogens is 184 g/mol. The van der Waals surface area contributed by atoms with Gasteiger partial charge in [0.05, 0.1) is 16.5 Å². The van der Waals surface area contributed by atoms with E-state index in [2.05, 4.69) is 4.98 Å². The molecule has 2 N–H and O–H groups in total. The summed E-state index contributed by atoms with van der Waals surface area (Å²) in [5, 5.41) is 0.510. The second-order valence-corrected chi connectivity index (χ2v) is 4.71. The van der Waals surface area contributed by atoms with Gasteiger partial charge in [0.2, 0.25) is 0 Å². The molecule has 1 rings (SSSR count). The number of pyridine rings is 1. The Morgan fingerprint density at radius 2 is 2.31 bits per heavy atom. The van der Waals surface area contributed by atoms with Crippen molar-refractivity contribution in [2.45, 2.75) is 18.9 Å². The zero-order valence-electron chi connectivity index (χ0n) is 7.86. The van der Waals surface area contributed by atoms with Gasteiger partial charge in [-0.25, -0.2) is 4.98 Å². The predicted octanol–water partition coefficient (Wildman–Crippen LogP) is 1.43. The molecule has 1 aromatic heterocycles. The first-order valence-electron chi connectivity index (χ1n) is 4.20. The molecule has 0 saturated carbocycles. The molecule has 4 heteroatoms. The number of nitrogens with two attached hydrogens (primary N) is 1. The molecule has 0 amide bonds. The lowest BCUT2D eigenvalue weighted by molar-refractivity contribution is 0.662. The van der Waals surface area contributed by atoms with E-state index in [9.17, 15) is 4.21 Å². The monoisotopic (exact) mass is 198 g/mol. The topological polar surface area (TPSA) is 56.0 Å². The Hall–Kier alpha value is -0.900. The van der Waals surface area contributed by atoms with Crippen molar-refractivity contribution in [2.24, 2.45) is 5.92 Å². The minimum atomic E-state index is -1.06. The van der Waals surface area contributed by atoms with E-state index in [0.717, 1.165) is 0 Å². The van der Waals surface area contributed by atoms with Crippen LogP contribution in [0.2, 0.25) is 0 Å². The van der Waals surface area contributed by atoms with E-state index in [1.807, 2.05) is 13.8 Å². The highest BCUT2D eigenvalue weighted by molar-refractivity contribution is 7.85. The molecule has 0 aliphatic carbocycles. The molecule has 0 aliphatic heterocycles. The van der Waals surface area contributed by atoms with Crippen LogP contribution in [0.3, 0.4) is 0 Å². The van der Waals surface area contributed by atoms with Gasteiger partial charge in [-0.2, -0.15) is 0 Å². The van der Waals surface area contributed by atoms with E-state index in [-0.39, 0.29) is 0 Å². The first-order chi connectivity index (χ1) is 6.11. The van der Waals surface area contributed by atoms with Crippen molar-refractivity contribution < 1.29 is 4.21 Å². The lowest BCUT2D eigenvalue weighted by atomic mass is 10.3. The SMILES string of the molecule is CC(C)CS(=O)c1ncccc1N. The van der Waals surface area contributed by atoms with Crippen LogP contribution >= 0.6 is 0 Å². The lowest BCUT2D eigenvalue weighted by Crippen LogP contribution is -2.08. The maximum Gasteiger partial charge on any atom is 0.150 e. The molecule has 0 saturated heterocycles. The highest BCUT2D eigenvalue weighted by Crippen LogP contribution is 2.13. The van der Waals surface area contributed by atoms with Gasteiger partial charge in [0.25, 0.3) is 0 Å². The van der Waals surface area contributed by atoms with Gasteiger partial charge in [-0.15, -0.1) is 0 Å². The molecule has 1 unspecified atom stereocenters. The Morgan fingerprint density at radius 3 is 2.85 bits per heavy atom. The van der Waals surface area contributed by atoms with Crippen LogP contribution in [-0.4, -0.2) is 14.9 Å². The summed E-state index contributed by atoms with van der Waals surface area (Å²) in [6.45, 7) is 4.05. The van der Waals surface area contributed by atoms with Crippen molar-refractivity contribution in [1.29, 1.82) is 0 Å². The third-order valence-corrected chi connectivity index (χ3v) is 3.24. The Labute approximate surface area is 80.8 Å². The molecule has 1 aromatic rings. The first kappa shape index (κ1) is 10.2. The second-order valence-electron chi connectivity index (χ2n) is 3.30. The van der Waals surface area contributed by atoms with E-state index in [0.29, 0.717) is 22.4 Å². The average molecular weight is 198 g/mol. The van der Waals surface area contributed by atoms with Crippen LogP contribution in [0.15, 0.2) is 23.4 Å². The number of nitrogen functional groups attached to an aromatic ring is 1. The van der Waals surface area contributed by atoms with Crippen LogP contribution in [-0.2, 0) is 10.8 Å². The molecular formula is C9H14N2OS. The molecule has 13 heavy (non-hydrogen) atoms. The van der Waals surface area contributed by atoms with Gasteiger partial charge in [0.1, 0.15) is 5.03 Å². The number of nitrogens with zero attached hydrogens (tertiary/aromatic N) is 1. The zero-order chi connectivity index (χ0) is 9.84. The highest BCUT2D eigenvalue weighted by Gasteiger charge is 2.10. The van der Waals surface area contributed by atoms with Crippen LogP contribution in [0.4, 0.5) is 5.69 Å². The summed E-state index contributed by atoms with van der Waals surface area (Å²) in [7, 11) is -1.06. The summed E-state index contributed by atoms with van der Waals surface area (Å²) < 4.78 is 11.6. The maximum atomic E-state index is 11.6. The van der Waals surface area contributed by atoms with Crippen molar-refractivity contribution in [2.75, 3.05) is 11.5 Å². The first-order valence-corrected chi connectivity index (χ1v) is 5.52. The summed E-state index contributed by atoms with van der Waals surface area (Å²) in [6.07, 6.45) is 1.62. The Balaban J connectivity index is 2.83. The lowest BCUT2D eigenvalue weighted by Gasteiger charge is -2.05. The van der Waals surface area contributed by atoms with Gasteiger partial charge in [-0.3, -0.25) is 4.21 Å². The van der Waals surface area contributed by atoms with E-state index in [1.54, 1.807) is 18.3 Å². The van der Waals surface area contributed by atoms with Gasteiger partial charge < -0.3 is 5.73 Å². The third kappa shape index (κ3) is 2.81. The number of hydrogen-bond acceptors (Lipinski definition) is 3. The molecule has 0 radical (unpaired) electrons. The van der Waals surface area contributed by atoms with Gasteiger partial charge in [0, 0.05) is 11.9 Å². The number of anilines is 1. The number of aromatic nitrogens is 1. The largest absolute Gasteiger partial charge is 0.396 e. The number of hydrogen-bond donors (Lipinski definition) is 1. The average Bonchev–Trinajstić information content (AvgIpc) is 2.03. The molecule has 0 fully saturated rings. The van der Waals surface area contributed by atoms with E-state index in [1.165, 1.54) is 0 Å². The van der Waals surface area contributed by atoms with E-state index >= 15 is 0 Å². The Morgan fingerprint density at radius 1 is 1.62 bits per heavy atom. The summed E-state index contributed by atoms with van der Waals surface area (Å²) in [4.78, 5) is 4.01. The fraction of sp³-hybridized carbons (Fsp3) is 0.444. The predicted molar refractivity (Wildman–Crippen MR) is 54.8 cm³/mol. The quantitative estimate of drug-likeness (QED) is 0.799. The summed E-state index contributed by atoms with van der Waals surface area (Å²) in [5.41, 5.74) is 6.16. The standard InChI is InChI=1S/C9H14N2OS/c1-7(2)6-13(12)9-8(10)4-3-5-11-9/h3-5,7H,6,10H2,1-2H3. The van der Waals surface area contributed by atoms with Gasteiger partial charge in [-0.1, -0.05) is 13.8 Å². The molecule has 3 nitrogen and oxygen atoms in total. The van der Waals surface area contributed by atoms with Crippen LogP contribution in [0.5, 0.6) is 0 Å². The summed E-state index contributed by atoms with van der Waals surface area (Å²) in [5.74, 6) is 1.00.